The third-order valence-corrected chi connectivity index (χ3v) is 5.21. The number of esters is 1. The predicted octanol–water partition coefficient (Wildman–Crippen LogP) is 2.71. The van der Waals surface area contributed by atoms with Crippen molar-refractivity contribution in [1.82, 2.24) is 5.32 Å². The van der Waals surface area contributed by atoms with E-state index in [1.807, 2.05) is 24.3 Å². The summed E-state index contributed by atoms with van der Waals surface area (Å²) >= 11 is 0. The van der Waals surface area contributed by atoms with Gasteiger partial charge in [0.05, 0.1) is 20.3 Å². The van der Waals surface area contributed by atoms with Gasteiger partial charge in [-0.1, -0.05) is 48.5 Å². The Balaban J connectivity index is 1.45. The van der Waals surface area contributed by atoms with Crippen LogP contribution in [0.5, 0.6) is 0 Å². The van der Waals surface area contributed by atoms with E-state index < -0.39 is 18.1 Å². The Hall–Kier alpha value is -2.86. The average molecular weight is 367 g/mol. The number of fused-ring (bicyclic) bond motifs is 3. The maximum absolute atomic E-state index is 12.3. The molecule has 27 heavy (non-hydrogen) atoms. The van der Waals surface area contributed by atoms with Crippen LogP contribution in [0, 0.1) is 5.92 Å². The largest absolute Gasteiger partial charge is 0.467 e. The molecule has 0 aromatic heterocycles. The van der Waals surface area contributed by atoms with Crippen molar-refractivity contribution in [3.8, 4) is 11.1 Å². The average Bonchev–Trinajstić information content (AvgIpc) is 2.98. The quantitative estimate of drug-likeness (QED) is 0.823. The number of hydrogen-bond acceptors (Lipinski definition) is 5. The first-order valence-corrected chi connectivity index (χ1v) is 8.96. The normalized spacial score (nSPS) is 16.6. The molecule has 1 unspecified atom stereocenters. The monoisotopic (exact) mass is 367 g/mol. The number of amides is 1. The molecule has 6 nitrogen and oxygen atoms in total. The summed E-state index contributed by atoms with van der Waals surface area (Å²) in [4.78, 5) is 24.2. The Bertz CT molecular complexity index is 816. The van der Waals surface area contributed by atoms with E-state index in [2.05, 4.69) is 29.6 Å². The summed E-state index contributed by atoms with van der Waals surface area (Å²) in [6, 6.07) is 15.5. The zero-order valence-electron chi connectivity index (χ0n) is 15.0. The summed E-state index contributed by atoms with van der Waals surface area (Å²) in [5.41, 5.74) is 4.62. The SMILES string of the molecule is COC(=O)C(NC(=O)OCC1c2ccccc2-c2ccccc21)C1COC1. The van der Waals surface area contributed by atoms with Crippen molar-refractivity contribution < 1.29 is 23.8 Å². The highest BCUT2D eigenvalue weighted by Crippen LogP contribution is 2.44. The first kappa shape index (κ1) is 17.5. The van der Waals surface area contributed by atoms with Gasteiger partial charge in [-0.25, -0.2) is 9.59 Å². The fourth-order valence-electron chi connectivity index (χ4n) is 3.71. The molecule has 6 heteroatoms. The number of alkyl carbamates (subject to hydrolysis) is 1. The lowest BCUT2D eigenvalue weighted by Crippen LogP contribution is -2.53. The first-order valence-electron chi connectivity index (χ1n) is 8.96. The molecule has 0 spiro atoms. The highest BCUT2D eigenvalue weighted by molar-refractivity contribution is 5.82. The molecule has 1 atom stereocenters. The van der Waals surface area contributed by atoms with E-state index in [0.717, 1.165) is 11.1 Å². The maximum atomic E-state index is 12.3. The fourth-order valence-corrected chi connectivity index (χ4v) is 3.71. The molecule has 0 radical (unpaired) electrons. The molecule has 0 saturated carbocycles. The highest BCUT2D eigenvalue weighted by Gasteiger charge is 2.36. The lowest BCUT2D eigenvalue weighted by atomic mass is 9.98. The molecule has 1 N–H and O–H groups in total. The number of benzene rings is 2. The zero-order chi connectivity index (χ0) is 18.8. The smallest absolute Gasteiger partial charge is 0.407 e. The van der Waals surface area contributed by atoms with Crippen LogP contribution in [0.3, 0.4) is 0 Å². The Kier molecular flexibility index (Phi) is 4.81. The van der Waals surface area contributed by atoms with E-state index in [4.69, 9.17) is 14.2 Å². The molecular formula is C21H21NO5. The Morgan fingerprint density at radius 3 is 2.19 bits per heavy atom. The summed E-state index contributed by atoms with van der Waals surface area (Å²) in [6.07, 6.45) is -0.626. The van der Waals surface area contributed by atoms with Crippen molar-refractivity contribution in [2.45, 2.75) is 12.0 Å². The number of ether oxygens (including phenoxy) is 3. The molecule has 1 amide bonds. The highest BCUT2D eigenvalue weighted by atomic mass is 16.6. The summed E-state index contributed by atoms with van der Waals surface area (Å²) < 4.78 is 15.4. The van der Waals surface area contributed by atoms with E-state index in [0.29, 0.717) is 13.2 Å². The third kappa shape index (κ3) is 3.28. The summed E-state index contributed by atoms with van der Waals surface area (Å²) in [6.45, 7) is 1.04. The molecule has 4 rings (SSSR count). The van der Waals surface area contributed by atoms with Crippen LogP contribution < -0.4 is 5.32 Å². The zero-order valence-corrected chi connectivity index (χ0v) is 15.0. The van der Waals surface area contributed by atoms with Gasteiger partial charge in [-0.15, -0.1) is 0 Å². The number of carbonyl (C=O) groups is 2. The number of hydrogen-bond donors (Lipinski definition) is 1. The molecule has 1 aliphatic carbocycles. The lowest BCUT2D eigenvalue weighted by Gasteiger charge is -2.32. The number of nitrogens with one attached hydrogen (secondary N) is 1. The van der Waals surface area contributed by atoms with E-state index in [1.54, 1.807) is 0 Å². The van der Waals surface area contributed by atoms with E-state index in [-0.39, 0.29) is 18.4 Å². The van der Waals surface area contributed by atoms with Gasteiger partial charge in [-0.3, -0.25) is 0 Å². The van der Waals surface area contributed by atoms with Crippen LogP contribution in [-0.2, 0) is 19.0 Å². The van der Waals surface area contributed by atoms with Gasteiger partial charge in [0.2, 0.25) is 0 Å². The van der Waals surface area contributed by atoms with Crippen LogP contribution in [-0.4, -0.2) is 45.0 Å². The van der Waals surface area contributed by atoms with Gasteiger partial charge in [0.25, 0.3) is 0 Å². The molecule has 1 heterocycles. The minimum atomic E-state index is -0.751. The van der Waals surface area contributed by atoms with Gasteiger partial charge >= 0.3 is 12.1 Å². The summed E-state index contributed by atoms with van der Waals surface area (Å²) in [7, 11) is 1.30. The molecule has 1 fully saturated rings. The minimum absolute atomic E-state index is 0.0215. The molecule has 140 valence electrons. The summed E-state index contributed by atoms with van der Waals surface area (Å²) in [5.74, 6) is -0.596. The minimum Gasteiger partial charge on any atom is -0.467 e. The van der Waals surface area contributed by atoms with Gasteiger partial charge < -0.3 is 19.5 Å². The molecular weight excluding hydrogens is 346 g/mol. The summed E-state index contributed by atoms with van der Waals surface area (Å²) in [5, 5.41) is 2.63. The van der Waals surface area contributed by atoms with Crippen LogP contribution in [0.25, 0.3) is 11.1 Å². The molecule has 1 aliphatic heterocycles. The first-order chi connectivity index (χ1) is 13.2. The second-order valence-electron chi connectivity index (χ2n) is 6.77. The van der Waals surface area contributed by atoms with Gasteiger partial charge in [0.1, 0.15) is 12.6 Å². The second kappa shape index (κ2) is 7.40. The lowest BCUT2D eigenvalue weighted by molar-refractivity contribution is -0.150. The van der Waals surface area contributed by atoms with Crippen molar-refractivity contribution in [1.29, 1.82) is 0 Å². The number of rotatable bonds is 5. The predicted molar refractivity (Wildman–Crippen MR) is 98.3 cm³/mol. The van der Waals surface area contributed by atoms with Gasteiger partial charge in [0, 0.05) is 11.8 Å². The Labute approximate surface area is 157 Å². The molecule has 2 aromatic rings. The van der Waals surface area contributed by atoms with Crippen LogP contribution in [0.2, 0.25) is 0 Å². The van der Waals surface area contributed by atoms with Crippen molar-refractivity contribution in [2.24, 2.45) is 5.92 Å². The fraction of sp³-hybridized carbons (Fsp3) is 0.333. The van der Waals surface area contributed by atoms with Gasteiger partial charge in [0.15, 0.2) is 0 Å². The molecule has 0 bridgehead atoms. The Morgan fingerprint density at radius 1 is 1.07 bits per heavy atom. The molecule has 1 saturated heterocycles. The third-order valence-electron chi connectivity index (χ3n) is 5.21. The standard InChI is InChI=1S/C21H21NO5/c1-25-20(23)19(13-10-26-11-13)22-21(24)27-12-18-16-8-4-2-6-14(16)15-7-3-5-9-17(15)18/h2-9,13,18-19H,10-12H2,1H3,(H,22,24). The van der Waals surface area contributed by atoms with Crippen LogP contribution >= 0.6 is 0 Å². The van der Waals surface area contributed by atoms with E-state index >= 15 is 0 Å². The van der Waals surface area contributed by atoms with Crippen molar-refractivity contribution in [2.75, 3.05) is 26.9 Å². The Morgan fingerprint density at radius 2 is 1.67 bits per heavy atom. The van der Waals surface area contributed by atoms with E-state index in [9.17, 15) is 9.59 Å². The maximum Gasteiger partial charge on any atom is 0.407 e. The van der Waals surface area contributed by atoms with Crippen LogP contribution in [0.4, 0.5) is 4.79 Å². The van der Waals surface area contributed by atoms with Crippen LogP contribution in [0.1, 0.15) is 17.0 Å². The van der Waals surface area contributed by atoms with Gasteiger partial charge in [-0.05, 0) is 22.3 Å². The number of methoxy groups -OCH3 is 1. The topological polar surface area (TPSA) is 73.9 Å². The molecule has 2 aliphatic rings. The molecule has 2 aromatic carbocycles. The van der Waals surface area contributed by atoms with E-state index in [1.165, 1.54) is 18.2 Å². The van der Waals surface area contributed by atoms with Crippen molar-refractivity contribution in [3.05, 3.63) is 59.7 Å². The van der Waals surface area contributed by atoms with Gasteiger partial charge in [-0.2, -0.15) is 0 Å². The van der Waals surface area contributed by atoms with Crippen molar-refractivity contribution >= 4 is 12.1 Å². The van der Waals surface area contributed by atoms with Crippen LogP contribution in [0.15, 0.2) is 48.5 Å². The second-order valence-corrected chi connectivity index (χ2v) is 6.77. The number of carbonyl (C=O) groups excluding carboxylic acids is 2. The van der Waals surface area contributed by atoms with Crippen molar-refractivity contribution in [3.63, 3.8) is 0 Å².